The van der Waals surface area contributed by atoms with Crippen molar-refractivity contribution in [3.05, 3.63) is 64.1 Å². The Morgan fingerprint density at radius 3 is 2.68 bits per heavy atom. The van der Waals surface area contributed by atoms with Gasteiger partial charge in [0.25, 0.3) is 5.56 Å². The molecule has 0 aliphatic carbocycles. The molecule has 0 bridgehead atoms. The minimum absolute atomic E-state index is 0.0256. The summed E-state index contributed by atoms with van der Waals surface area (Å²) < 4.78 is 6.57. The molecule has 3 heterocycles. The molecule has 2 aliphatic heterocycles. The van der Waals surface area contributed by atoms with Gasteiger partial charge in [-0.3, -0.25) is 24.3 Å². The molecule has 0 saturated carbocycles. The van der Waals surface area contributed by atoms with Gasteiger partial charge in [-0.05, 0) is 43.4 Å². The van der Waals surface area contributed by atoms with Gasteiger partial charge < -0.3 is 15.4 Å². The lowest BCUT2D eigenvalue weighted by molar-refractivity contribution is -0.126. The molecular weight excluding hydrogens is 436 g/mol. The van der Waals surface area contributed by atoms with Crippen LogP contribution in [0.1, 0.15) is 36.6 Å². The fourth-order valence-corrected chi connectivity index (χ4v) is 4.35. The quantitative estimate of drug-likeness (QED) is 0.542. The molecule has 2 aliphatic rings. The molecule has 34 heavy (non-hydrogen) atoms. The molecule has 3 atom stereocenters. The molecule has 0 spiro atoms. The molecule has 0 radical (unpaired) electrons. The Hall–Kier alpha value is -4.06. The lowest BCUT2D eigenvalue weighted by Crippen LogP contribution is -2.42. The number of benzene rings is 1. The fraction of sp³-hybridized carbons (Fsp3) is 0.360. The van der Waals surface area contributed by atoms with Crippen LogP contribution in [0.15, 0.2) is 47.3 Å². The Morgan fingerprint density at radius 2 is 1.97 bits per heavy atom. The number of rotatable bonds is 7. The Morgan fingerprint density at radius 1 is 1.18 bits per heavy atom. The first-order chi connectivity index (χ1) is 16.5. The molecule has 1 fully saturated rings. The average molecular weight is 463 g/mol. The van der Waals surface area contributed by atoms with E-state index in [0.29, 0.717) is 37.9 Å². The monoisotopic (exact) mass is 462 g/mol. The summed E-state index contributed by atoms with van der Waals surface area (Å²) in [4.78, 5) is 50.1. The lowest BCUT2D eigenvalue weighted by Gasteiger charge is -2.20. The standard InChI is InChI=1S/C25H26N4O5/c1-2-18(14-17-12-13-26-22(17)30)27-23(31)21-11-9-19-8-10-20(24(32)29(19)21)28-25(33)34-15-16-6-4-3-5-7-16/h1,3-8,10,17-18,21H,9,11-15H2,(H,26,30)(H,27,31)(H,28,33). The van der Waals surface area contributed by atoms with Gasteiger partial charge in [0, 0.05) is 18.2 Å². The summed E-state index contributed by atoms with van der Waals surface area (Å²) >= 11 is 0. The number of pyridine rings is 1. The molecule has 1 saturated heterocycles. The molecule has 4 rings (SSSR count). The van der Waals surface area contributed by atoms with Crippen LogP contribution in [0.3, 0.4) is 0 Å². The van der Waals surface area contributed by atoms with E-state index >= 15 is 0 Å². The third-order valence-corrected chi connectivity index (χ3v) is 6.14. The molecule has 3 unspecified atom stereocenters. The van der Waals surface area contributed by atoms with E-state index in [1.807, 2.05) is 30.3 Å². The van der Waals surface area contributed by atoms with Crippen molar-refractivity contribution in [1.82, 2.24) is 15.2 Å². The van der Waals surface area contributed by atoms with Crippen molar-refractivity contribution in [3.8, 4) is 12.3 Å². The maximum Gasteiger partial charge on any atom is 0.412 e. The van der Waals surface area contributed by atoms with E-state index in [1.165, 1.54) is 10.6 Å². The summed E-state index contributed by atoms with van der Waals surface area (Å²) in [7, 11) is 0. The highest BCUT2D eigenvalue weighted by Crippen LogP contribution is 2.25. The van der Waals surface area contributed by atoms with Gasteiger partial charge in [-0.2, -0.15) is 0 Å². The van der Waals surface area contributed by atoms with Gasteiger partial charge in [0.1, 0.15) is 18.3 Å². The van der Waals surface area contributed by atoms with Crippen LogP contribution >= 0.6 is 0 Å². The number of nitrogens with zero attached hydrogens (tertiary/aromatic N) is 1. The van der Waals surface area contributed by atoms with E-state index in [0.717, 1.165) is 5.56 Å². The number of aryl methyl sites for hydroxylation is 1. The third kappa shape index (κ3) is 5.12. The van der Waals surface area contributed by atoms with Crippen LogP contribution in [-0.2, 0) is 27.4 Å². The van der Waals surface area contributed by atoms with Gasteiger partial charge in [-0.15, -0.1) is 6.42 Å². The summed E-state index contributed by atoms with van der Waals surface area (Å²) in [6.07, 6.45) is 6.82. The number of anilines is 1. The van der Waals surface area contributed by atoms with Gasteiger partial charge in [0.05, 0.1) is 6.04 Å². The summed E-state index contributed by atoms with van der Waals surface area (Å²) in [5.74, 6) is 1.85. The lowest BCUT2D eigenvalue weighted by atomic mass is 9.98. The van der Waals surface area contributed by atoms with Crippen LogP contribution < -0.4 is 21.5 Å². The second-order valence-corrected chi connectivity index (χ2v) is 8.39. The third-order valence-electron chi connectivity index (χ3n) is 6.14. The number of hydrogen-bond acceptors (Lipinski definition) is 5. The molecule has 3 amide bonds. The van der Waals surface area contributed by atoms with E-state index < -0.39 is 23.7 Å². The first-order valence-electron chi connectivity index (χ1n) is 11.2. The number of terminal acetylenes is 1. The summed E-state index contributed by atoms with van der Waals surface area (Å²) in [5, 5.41) is 8.03. The summed E-state index contributed by atoms with van der Waals surface area (Å²) in [6, 6.07) is 11.0. The molecule has 1 aromatic carbocycles. The Balaban J connectivity index is 1.42. The highest BCUT2D eigenvalue weighted by molar-refractivity contribution is 5.85. The molecule has 176 valence electrons. The second-order valence-electron chi connectivity index (χ2n) is 8.39. The number of carbonyl (C=O) groups excluding carboxylic acids is 3. The average Bonchev–Trinajstić information content (AvgIpc) is 3.46. The minimum Gasteiger partial charge on any atom is -0.444 e. The van der Waals surface area contributed by atoms with Crippen molar-refractivity contribution >= 4 is 23.6 Å². The van der Waals surface area contributed by atoms with Gasteiger partial charge in [-0.1, -0.05) is 36.3 Å². The normalized spacial score (nSPS) is 19.4. The zero-order valence-electron chi connectivity index (χ0n) is 18.6. The first kappa shape index (κ1) is 23.1. The van der Waals surface area contributed by atoms with Crippen LogP contribution in [0.5, 0.6) is 0 Å². The van der Waals surface area contributed by atoms with Gasteiger partial charge in [0.2, 0.25) is 11.8 Å². The van der Waals surface area contributed by atoms with E-state index in [9.17, 15) is 19.2 Å². The van der Waals surface area contributed by atoms with Gasteiger partial charge in [0.15, 0.2) is 0 Å². The number of nitrogens with one attached hydrogen (secondary N) is 3. The molecule has 2 aromatic rings. The molecule has 3 N–H and O–H groups in total. The van der Waals surface area contributed by atoms with Crippen LogP contribution in [0.4, 0.5) is 10.5 Å². The van der Waals surface area contributed by atoms with Gasteiger partial charge >= 0.3 is 6.09 Å². The zero-order valence-corrected chi connectivity index (χ0v) is 18.6. The van der Waals surface area contributed by atoms with E-state index in [4.69, 9.17) is 11.2 Å². The van der Waals surface area contributed by atoms with E-state index in [2.05, 4.69) is 21.9 Å². The number of amides is 3. The molecule has 1 aromatic heterocycles. The van der Waals surface area contributed by atoms with Crippen molar-refractivity contribution in [3.63, 3.8) is 0 Å². The Bertz CT molecular complexity index is 1180. The van der Waals surface area contributed by atoms with Crippen LogP contribution in [-0.4, -0.2) is 35.1 Å². The van der Waals surface area contributed by atoms with Crippen LogP contribution in [0.2, 0.25) is 0 Å². The largest absolute Gasteiger partial charge is 0.444 e. The van der Waals surface area contributed by atoms with Crippen molar-refractivity contribution in [2.45, 2.75) is 44.4 Å². The summed E-state index contributed by atoms with van der Waals surface area (Å²) in [6.45, 7) is 0.667. The number of aromatic nitrogens is 1. The number of hydrogen-bond donors (Lipinski definition) is 3. The molecule has 9 heteroatoms. The number of ether oxygens (including phenoxy) is 1. The first-order valence-corrected chi connectivity index (χ1v) is 11.2. The van der Waals surface area contributed by atoms with E-state index in [-0.39, 0.29) is 30.0 Å². The summed E-state index contributed by atoms with van der Waals surface area (Å²) in [5.41, 5.74) is 1.05. The number of carbonyl (C=O) groups is 3. The molecular formula is C25H26N4O5. The topological polar surface area (TPSA) is 119 Å². The van der Waals surface area contributed by atoms with Crippen molar-refractivity contribution in [1.29, 1.82) is 0 Å². The highest BCUT2D eigenvalue weighted by atomic mass is 16.5. The van der Waals surface area contributed by atoms with Crippen molar-refractivity contribution < 1.29 is 19.1 Å². The molecule has 9 nitrogen and oxygen atoms in total. The van der Waals surface area contributed by atoms with Crippen molar-refractivity contribution in [2.24, 2.45) is 5.92 Å². The van der Waals surface area contributed by atoms with Crippen molar-refractivity contribution in [2.75, 3.05) is 11.9 Å². The predicted molar refractivity (Wildman–Crippen MR) is 125 cm³/mol. The SMILES string of the molecule is C#CC(CC1CCNC1=O)NC(=O)C1CCc2ccc(NC(=O)OCc3ccccc3)c(=O)n21. The fourth-order valence-electron chi connectivity index (χ4n) is 4.35. The maximum absolute atomic E-state index is 13.1. The number of fused-ring (bicyclic) bond motifs is 1. The smallest absolute Gasteiger partial charge is 0.412 e. The highest BCUT2D eigenvalue weighted by Gasteiger charge is 2.33. The Kier molecular flexibility index (Phi) is 6.97. The maximum atomic E-state index is 13.1. The van der Waals surface area contributed by atoms with E-state index in [1.54, 1.807) is 6.07 Å². The predicted octanol–water partition coefficient (Wildman–Crippen LogP) is 1.73. The van der Waals surface area contributed by atoms with Crippen LogP contribution in [0, 0.1) is 18.3 Å². The minimum atomic E-state index is -0.761. The Labute approximate surface area is 196 Å². The van der Waals surface area contributed by atoms with Gasteiger partial charge in [-0.25, -0.2) is 4.79 Å². The van der Waals surface area contributed by atoms with Crippen LogP contribution in [0.25, 0.3) is 0 Å². The second kappa shape index (κ2) is 10.3. The zero-order chi connectivity index (χ0) is 24.1.